The average Bonchev–Trinajstić information content (AvgIpc) is 2.31. The number of hydrogen-bond acceptors (Lipinski definition) is 1. The summed E-state index contributed by atoms with van der Waals surface area (Å²) >= 11 is 0. The summed E-state index contributed by atoms with van der Waals surface area (Å²) in [5, 5.41) is 9.35. The highest BCUT2D eigenvalue weighted by atomic mass is 16.3. The number of aliphatic hydroxyl groups is 1. The molecule has 1 fully saturated rings. The molecule has 56 valence electrons. The van der Waals surface area contributed by atoms with Crippen molar-refractivity contribution in [2.24, 2.45) is 5.92 Å². The van der Waals surface area contributed by atoms with Crippen LogP contribution in [-0.4, -0.2) is 11.2 Å². The molecule has 1 aliphatic carbocycles. The van der Waals surface area contributed by atoms with Crippen LogP contribution in [-0.2, 0) is 0 Å². The first-order valence-corrected chi connectivity index (χ1v) is 3.92. The monoisotopic (exact) mass is 138 g/mol. The molecule has 0 aromatic rings. The summed E-state index contributed by atoms with van der Waals surface area (Å²) in [6, 6.07) is 0. The Bertz CT molecular complexity index is 152. The summed E-state index contributed by atoms with van der Waals surface area (Å²) in [4.78, 5) is 0. The molecule has 0 aliphatic heterocycles. The van der Waals surface area contributed by atoms with E-state index in [1.165, 1.54) is 6.42 Å². The summed E-state index contributed by atoms with van der Waals surface area (Å²) in [7, 11) is 0. The average molecular weight is 138 g/mol. The van der Waals surface area contributed by atoms with E-state index in [1.54, 1.807) is 0 Å². The van der Waals surface area contributed by atoms with E-state index >= 15 is 0 Å². The zero-order chi connectivity index (χ0) is 7.40. The van der Waals surface area contributed by atoms with E-state index < -0.39 is 0 Å². The second-order valence-electron chi connectivity index (χ2n) is 2.89. The minimum absolute atomic E-state index is 0.0687. The van der Waals surface area contributed by atoms with Crippen LogP contribution in [0.25, 0.3) is 0 Å². The van der Waals surface area contributed by atoms with Crippen molar-refractivity contribution < 1.29 is 5.11 Å². The molecule has 10 heavy (non-hydrogen) atoms. The predicted octanol–water partition coefficient (Wildman–Crippen LogP) is 1.56. The molecule has 1 saturated carbocycles. The van der Waals surface area contributed by atoms with Gasteiger partial charge in [0.25, 0.3) is 0 Å². The minimum Gasteiger partial charge on any atom is -0.393 e. The Morgan fingerprint density at radius 1 is 1.50 bits per heavy atom. The van der Waals surface area contributed by atoms with Crippen LogP contribution >= 0.6 is 0 Å². The highest BCUT2D eigenvalue weighted by molar-refractivity contribution is 4.98. The normalized spacial score (nSPS) is 31.4. The summed E-state index contributed by atoms with van der Waals surface area (Å²) in [6.07, 6.45) is 4.14. The maximum absolute atomic E-state index is 9.35. The van der Waals surface area contributed by atoms with Gasteiger partial charge in [-0.3, -0.25) is 0 Å². The number of aliphatic hydroxyl groups excluding tert-OH is 1. The van der Waals surface area contributed by atoms with Crippen LogP contribution in [0.4, 0.5) is 0 Å². The Kier molecular flexibility index (Phi) is 2.77. The van der Waals surface area contributed by atoms with Gasteiger partial charge in [0.05, 0.1) is 6.10 Å². The molecule has 1 heteroatoms. The van der Waals surface area contributed by atoms with Crippen molar-refractivity contribution in [2.45, 2.75) is 38.7 Å². The smallest absolute Gasteiger partial charge is 0.0577 e. The van der Waals surface area contributed by atoms with Crippen molar-refractivity contribution in [3.8, 4) is 11.8 Å². The van der Waals surface area contributed by atoms with Gasteiger partial charge >= 0.3 is 0 Å². The van der Waals surface area contributed by atoms with Gasteiger partial charge in [-0.25, -0.2) is 0 Å². The van der Waals surface area contributed by atoms with Gasteiger partial charge < -0.3 is 5.11 Å². The summed E-state index contributed by atoms with van der Waals surface area (Å²) in [5.74, 6) is 6.33. The van der Waals surface area contributed by atoms with Crippen molar-refractivity contribution in [3.63, 3.8) is 0 Å². The first-order valence-electron chi connectivity index (χ1n) is 3.92. The molecule has 0 aromatic carbocycles. The minimum atomic E-state index is -0.0687. The fourth-order valence-electron chi connectivity index (χ4n) is 1.49. The van der Waals surface area contributed by atoms with Gasteiger partial charge in [-0.15, -0.1) is 11.8 Å². The van der Waals surface area contributed by atoms with E-state index in [9.17, 15) is 5.11 Å². The Hall–Kier alpha value is -0.480. The second-order valence-corrected chi connectivity index (χ2v) is 2.89. The van der Waals surface area contributed by atoms with E-state index in [4.69, 9.17) is 0 Å². The van der Waals surface area contributed by atoms with E-state index in [2.05, 4.69) is 11.8 Å². The van der Waals surface area contributed by atoms with Crippen LogP contribution in [0.3, 0.4) is 0 Å². The first-order chi connectivity index (χ1) is 4.84. The molecule has 0 saturated heterocycles. The van der Waals surface area contributed by atoms with Crippen LogP contribution in [0.2, 0.25) is 0 Å². The Balaban J connectivity index is 2.31. The third kappa shape index (κ3) is 1.75. The quantitative estimate of drug-likeness (QED) is 0.545. The van der Waals surface area contributed by atoms with Crippen LogP contribution < -0.4 is 0 Å². The largest absolute Gasteiger partial charge is 0.393 e. The molecule has 1 N–H and O–H groups in total. The zero-order valence-corrected chi connectivity index (χ0v) is 6.43. The van der Waals surface area contributed by atoms with Gasteiger partial charge in [0.2, 0.25) is 0 Å². The highest BCUT2D eigenvalue weighted by Crippen LogP contribution is 2.27. The van der Waals surface area contributed by atoms with Crippen molar-refractivity contribution in [1.29, 1.82) is 0 Å². The van der Waals surface area contributed by atoms with E-state index in [0.29, 0.717) is 5.92 Å². The molecule has 0 amide bonds. The summed E-state index contributed by atoms with van der Waals surface area (Å²) in [6.45, 7) is 1.85. The van der Waals surface area contributed by atoms with Crippen molar-refractivity contribution >= 4 is 0 Å². The van der Waals surface area contributed by atoms with Crippen LogP contribution in [0.15, 0.2) is 0 Å². The molecule has 0 aromatic heterocycles. The van der Waals surface area contributed by atoms with Crippen molar-refractivity contribution in [2.75, 3.05) is 0 Å². The topological polar surface area (TPSA) is 20.2 Å². The molecule has 1 rings (SSSR count). The molecular weight excluding hydrogens is 124 g/mol. The fraction of sp³-hybridized carbons (Fsp3) is 0.778. The lowest BCUT2D eigenvalue weighted by molar-refractivity contribution is 0.135. The van der Waals surface area contributed by atoms with Crippen molar-refractivity contribution in [1.82, 2.24) is 0 Å². The molecule has 0 spiro atoms. The van der Waals surface area contributed by atoms with Gasteiger partial charge in [-0.2, -0.15) is 0 Å². The van der Waals surface area contributed by atoms with Crippen LogP contribution in [0.5, 0.6) is 0 Å². The molecule has 0 radical (unpaired) electrons. The van der Waals surface area contributed by atoms with Crippen LogP contribution in [0.1, 0.15) is 32.6 Å². The lowest BCUT2D eigenvalue weighted by Crippen LogP contribution is -2.11. The van der Waals surface area contributed by atoms with Gasteiger partial charge in [0, 0.05) is 6.42 Å². The second kappa shape index (κ2) is 3.63. The van der Waals surface area contributed by atoms with E-state index in [0.717, 1.165) is 19.3 Å². The molecule has 2 atom stereocenters. The number of hydrogen-bond donors (Lipinski definition) is 1. The predicted molar refractivity (Wildman–Crippen MR) is 41.4 cm³/mol. The zero-order valence-electron chi connectivity index (χ0n) is 6.43. The molecule has 0 unspecified atom stereocenters. The van der Waals surface area contributed by atoms with Gasteiger partial charge in [0.15, 0.2) is 0 Å². The summed E-state index contributed by atoms with van der Waals surface area (Å²) in [5.41, 5.74) is 0. The standard InChI is InChI=1S/C9H14O/c1-2-3-5-8-6-4-7-9(8)10/h8-10H,4-7H2,1H3/t8-,9-/m1/s1. The molecule has 1 aliphatic rings. The van der Waals surface area contributed by atoms with E-state index in [1.807, 2.05) is 6.92 Å². The maximum atomic E-state index is 9.35. The van der Waals surface area contributed by atoms with Gasteiger partial charge in [-0.1, -0.05) is 6.42 Å². The fourth-order valence-corrected chi connectivity index (χ4v) is 1.49. The molecule has 0 bridgehead atoms. The highest BCUT2D eigenvalue weighted by Gasteiger charge is 2.23. The Morgan fingerprint density at radius 3 is 2.80 bits per heavy atom. The third-order valence-corrected chi connectivity index (χ3v) is 2.16. The Labute approximate surface area is 62.4 Å². The molecule has 1 nitrogen and oxygen atoms in total. The maximum Gasteiger partial charge on any atom is 0.0577 e. The lowest BCUT2D eigenvalue weighted by atomic mass is 10.0. The van der Waals surface area contributed by atoms with Crippen LogP contribution in [0, 0.1) is 17.8 Å². The first kappa shape index (κ1) is 7.63. The lowest BCUT2D eigenvalue weighted by Gasteiger charge is -2.08. The summed E-state index contributed by atoms with van der Waals surface area (Å²) < 4.78 is 0. The molecular formula is C9H14O. The van der Waals surface area contributed by atoms with Gasteiger partial charge in [-0.05, 0) is 25.7 Å². The van der Waals surface area contributed by atoms with Crippen molar-refractivity contribution in [3.05, 3.63) is 0 Å². The molecule has 0 heterocycles. The SMILES string of the molecule is CC#CC[C@@H]1CCC[C@H]1O. The van der Waals surface area contributed by atoms with E-state index in [-0.39, 0.29) is 6.10 Å². The Morgan fingerprint density at radius 2 is 2.30 bits per heavy atom. The van der Waals surface area contributed by atoms with Gasteiger partial charge in [0.1, 0.15) is 0 Å². The third-order valence-electron chi connectivity index (χ3n) is 2.16. The number of rotatable bonds is 1.